The molecular formula is C24H17Br3N2O2. The lowest BCUT2D eigenvalue weighted by molar-refractivity contribution is -0.112. The van der Waals surface area contributed by atoms with Gasteiger partial charge in [0.1, 0.15) is 24.0 Å². The zero-order valence-electron chi connectivity index (χ0n) is 16.5. The Balaban J connectivity index is 1.88. The average Bonchev–Trinajstić information content (AvgIpc) is 2.72. The molecule has 4 nitrogen and oxygen atoms in total. The Morgan fingerprint density at radius 1 is 1.06 bits per heavy atom. The number of ether oxygens (including phenoxy) is 1. The molecule has 0 unspecified atom stereocenters. The molecule has 0 heterocycles. The Bertz CT molecular complexity index is 1180. The van der Waals surface area contributed by atoms with Crippen molar-refractivity contribution in [1.29, 1.82) is 5.26 Å². The first-order valence-corrected chi connectivity index (χ1v) is 11.6. The molecule has 156 valence electrons. The third-order valence-corrected chi connectivity index (χ3v) is 5.85. The van der Waals surface area contributed by atoms with Crippen LogP contribution in [0.4, 0.5) is 5.69 Å². The zero-order chi connectivity index (χ0) is 22.4. The van der Waals surface area contributed by atoms with Gasteiger partial charge in [-0.05, 0) is 76.5 Å². The van der Waals surface area contributed by atoms with E-state index in [-0.39, 0.29) is 5.57 Å². The third-order valence-electron chi connectivity index (χ3n) is 4.27. The molecule has 0 aliphatic rings. The lowest BCUT2D eigenvalue weighted by atomic mass is 10.1. The average molecular weight is 605 g/mol. The Kier molecular flexibility index (Phi) is 8.08. The van der Waals surface area contributed by atoms with Gasteiger partial charge in [-0.1, -0.05) is 56.1 Å². The monoisotopic (exact) mass is 602 g/mol. The topological polar surface area (TPSA) is 62.1 Å². The van der Waals surface area contributed by atoms with Gasteiger partial charge in [-0.15, -0.1) is 0 Å². The summed E-state index contributed by atoms with van der Waals surface area (Å²) < 4.78 is 8.53. The summed E-state index contributed by atoms with van der Waals surface area (Å²) in [5.74, 6) is 0.0604. The number of aryl methyl sites for hydroxylation is 1. The molecule has 0 aromatic heterocycles. The van der Waals surface area contributed by atoms with E-state index >= 15 is 0 Å². The molecule has 31 heavy (non-hydrogen) atoms. The standard InChI is InChI=1S/C24H17Br3N2O2/c1-15-3-2-4-21(9-15)29-24(30)18(13-28)10-17-11-20(26)12-22(27)23(17)31-14-16-5-7-19(25)8-6-16/h2-12H,14H2,1H3,(H,29,30)/b18-10+. The van der Waals surface area contributed by atoms with Crippen LogP contribution >= 0.6 is 47.8 Å². The number of nitrogens with zero attached hydrogens (tertiary/aromatic N) is 1. The maximum atomic E-state index is 12.7. The summed E-state index contributed by atoms with van der Waals surface area (Å²) in [4.78, 5) is 12.7. The second-order valence-electron chi connectivity index (χ2n) is 6.71. The molecule has 0 atom stereocenters. The van der Waals surface area contributed by atoms with Gasteiger partial charge >= 0.3 is 0 Å². The molecule has 3 rings (SSSR count). The number of hydrogen-bond donors (Lipinski definition) is 1. The fourth-order valence-corrected chi connectivity index (χ4v) is 4.44. The van der Waals surface area contributed by atoms with Crippen molar-refractivity contribution in [2.75, 3.05) is 5.32 Å². The quantitative estimate of drug-likeness (QED) is 0.235. The number of nitriles is 1. The molecule has 0 fully saturated rings. The molecule has 0 aliphatic carbocycles. The molecular weight excluding hydrogens is 588 g/mol. The van der Waals surface area contributed by atoms with E-state index in [1.165, 1.54) is 6.08 Å². The summed E-state index contributed by atoms with van der Waals surface area (Å²) in [6.07, 6.45) is 1.53. The van der Waals surface area contributed by atoms with Gasteiger partial charge in [-0.25, -0.2) is 0 Å². The van der Waals surface area contributed by atoms with E-state index in [4.69, 9.17) is 4.74 Å². The number of benzene rings is 3. The van der Waals surface area contributed by atoms with Crippen LogP contribution in [0.25, 0.3) is 6.08 Å². The normalized spacial score (nSPS) is 11.0. The smallest absolute Gasteiger partial charge is 0.266 e. The summed E-state index contributed by atoms with van der Waals surface area (Å²) in [6.45, 7) is 2.27. The van der Waals surface area contributed by atoms with E-state index in [0.717, 1.165) is 20.1 Å². The Hall–Kier alpha value is -2.40. The highest BCUT2D eigenvalue weighted by atomic mass is 79.9. The molecule has 0 spiro atoms. The molecule has 1 amide bonds. The number of halogens is 3. The Morgan fingerprint density at radius 2 is 1.81 bits per heavy atom. The van der Waals surface area contributed by atoms with E-state index in [9.17, 15) is 10.1 Å². The minimum atomic E-state index is -0.483. The Labute approximate surface area is 206 Å². The summed E-state index contributed by atoms with van der Waals surface area (Å²) in [5, 5.41) is 12.4. The number of amides is 1. The second kappa shape index (κ2) is 10.8. The maximum absolute atomic E-state index is 12.7. The van der Waals surface area contributed by atoms with Crippen molar-refractivity contribution >= 4 is 65.5 Å². The third kappa shape index (κ3) is 6.54. The second-order valence-corrected chi connectivity index (χ2v) is 9.40. The van der Waals surface area contributed by atoms with Gasteiger partial charge in [0.05, 0.1) is 4.47 Å². The first kappa shape index (κ1) is 23.3. The lowest BCUT2D eigenvalue weighted by Crippen LogP contribution is -2.13. The van der Waals surface area contributed by atoms with Crippen molar-refractivity contribution in [3.8, 4) is 11.8 Å². The van der Waals surface area contributed by atoms with Crippen LogP contribution in [0.15, 0.2) is 79.7 Å². The van der Waals surface area contributed by atoms with Crippen LogP contribution in [0.3, 0.4) is 0 Å². The predicted octanol–water partition coefficient (Wildman–Crippen LogP) is 7.41. The molecule has 1 N–H and O–H groups in total. The van der Waals surface area contributed by atoms with Gasteiger partial charge in [0.25, 0.3) is 5.91 Å². The van der Waals surface area contributed by atoms with E-state index in [1.807, 2.05) is 61.5 Å². The molecule has 0 radical (unpaired) electrons. The van der Waals surface area contributed by atoms with Crippen molar-refractivity contribution in [1.82, 2.24) is 0 Å². The van der Waals surface area contributed by atoms with Crippen LogP contribution in [0.5, 0.6) is 5.75 Å². The van der Waals surface area contributed by atoms with Crippen LogP contribution < -0.4 is 10.1 Å². The summed E-state index contributed by atoms with van der Waals surface area (Å²) in [5.41, 5.74) is 3.22. The van der Waals surface area contributed by atoms with Crippen LogP contribution in [0.2, 0.25) is 0 Å². The predicted molar refractivity (Wildman–Crippen MR) is 134 cm³/mol. The van der Waals surface area contributed by atoms with Crippen molar-refractivity contribution in [3.63, 3.8) is 0 Å². The summed E-state index contributed by atoms with van der Waals surface area (Å²) in [7, 11) is 0. The minimum Gasteiger partial charge on any atom is -0.487 e. The SMILES string of the molecule is Cc1cccc(NC(=O)/C(C#N)=C/c2cc(Br)cc(Br)c2OCc2ccc(Br)cc2)c1. The van der Waals surface area contributed by atoms with Crippen molar-refractivity contribution < 1.29 is 9.53 Å². The van der Waals surface area contributed by atoms with E-state index in [1.54, 1.807) is 12.1 Å². The summed E-state index contributed by atoms with van der Waals surface area (Å²) in [6, 6.07) is 20.9. The van der Waals surface area contributed by atoms with E-state index < -0.39 is 5.91 Å². The number of rotatable bonds is 6. The van der Waals surface area contributed by atoms with E-state index in [0.29, 0.717) is 28.1 Å². The van der Waals surface area contributed by atoms with Crippen molar-refractivity contribution in [3.05, 3.63) is 96.3 Å². The van der Waals surface area contributed by atoms with Crippen molar-refractivity contribution in [2.45, 2.75) is 13.5 Å². The van der Waals surface area contributed by atoms with Crippen LogP contribution in [0, 0.1) is 18.3 Å². The minimum absolute atomic E-state index is 0.0278. The molecule has 3 aromatic carbocycles. The van der Waals surface area contributed by atoms with Crippen LogP contribution in [-0.2, 0) is 11.4 Å². The van der Waals surface area contributed by atoms with Gasteiger partial charge in [0.15, 0.2) is 0 Å². The molecule has 3 aromatic rings. The molecule has 7 heteroatoms. The van der Waals surface area contributed by atoms with Crippen molar-refractivity contribution in [2.24, 2.45) is 0 Å². The molecule has 0 saturated heterocycles. The van der Waals surface area contributed by atoms with E-state index in [2.05, 4.69) is 53.1 Å². The van der Waals surface area contributed by atoms with Gasteiger partial charge in [-0.3, -0.25) is 4.79 Å². The fraction of sp³-hybridized carbons (Fsp3) is 0.0833. The number of anilines is 1. The molecule has 0 bridgehead atoms. The van der Waals surface area contributed by atoms with Crippen LogP contribution in [0.1, 0.15) is 16.7 Å². The fourth-order valence-electron chi connectivity index (χ4n) is 2.80. The number of carbonyl (C=O) groups is 1. The van der Waals surface area contributed by atoms with Gasteiger partial charge < -0.3 is 10.1 Å². The van der Waals surface area contributed by atoms with Crippen LogP contribution in [-0.4, -0.2) is 5.91 Å². The number of carbonyl (C=O) groups excluding carboxylic acids is 1. The highest BCUT2D eigenvalue weighted by molar-refractivity contribution is 9.11. The summed E-state index contributed by atoms with van der Waals surface area (Å²) >= 11 is 10.4. The number of hydrogen-bond acceptors (Lipinski definition) is 3. The lowest BCUT2D eigenvalue weighted by Gasteiger charge is -2.13. The highest BCUT2D eigenvalue weighted by Gasteiger charge is 2.14. The number of nitrogens with one attached hydrogen (secondary N) is 1. The first-order chi connectivity index (χ1) is 14.9. The zero-order valence-corrected chi connectivity index (χ0v) is 21.2. The first-order valence-electron chi connectivity index (χ1n) is 9.22. The Morgan fingerprint density at radius 3 is 2.48 bits per heavy atom. The van der Waals surface area contributed by atoms with Gasteiger partial charge in [0, 0.05) is 20.2 Å². The van der Waals surface area contributed by atoms with Gasteiger partial charge in [-0.2, -0.15) is 5.26 Å². The maximum Gasteiger partial charge on any atom is 0.266 e. The molecule has 0 aliphatic heterocycles. The highest BCUT2D eigenvalue weighted by Crippen LogP contribution is 2.35. The van der Waals surface area contributed by atoms with Gasteiger partial charge in [0.2, 0.25) is 0 Å². The molecule has 0 saturated carbocycles. The largest absolute Gasteiger partial charge is 0.487 e.